The summed E-state index contributed by atoms with van der Waals surface area (Å²) < 4.78 is 10.3. The number of hydrogen-bond acceptors (Lipinski definition) is 5. The molecule has 0 saturated heterocycles. The first kappa shape index (κ1) is 18.2. The van der Waals surface area contributed by atoms with Crippen molar-refractivity contribution in [2.75, 3.05) is 19.5 Å². The highest BCUT2D eigenvalue weighted by Gasteiger charge is 2.11. The fourth-order valence-corrected chi connectivity index (χ4v) is 2.54. The minimum Gasteiger partial charge on any atom is -0.497 e. The van der Waals surface area contributed by atoms with Gasteiger partial charge < -0.3 is 19.8 Å². The first-order valence-electron chi connectivity index (χ1n) is 8.26. The minimum absolute atomic E-state index is 0.0464. The first-order valence-corrected chi connectivity index (χ1v) is 8.26. The predicted octanol–water partition coefficient (Wildman–Crippen LogP) is 2.63. The van der Waals surface area contributed by atoms with Crippen LogP contribution in [0.15, 0.2) is 59.4 Å². The van der Waals surface area contributed by atoms with E-state index in [4.69, 9.17) is 9.47 Å². The number of aromatic nitrogens is 2. The number of carbonyl (C=O) groups is 1. The number of nitrogens with one attached hydrogen (secondary N) is 2. The van der Waals surface area contributed by atoms with Gasteiger partial charge in [0.15, 0.2) is 0 Å². The zero-order chi connectivity index (χ0) is 19.2. The first-order chi connectivity index (χ1) is 13.1. The number of methoxy groups -OCH3 is 2. The topological polar surface area (TPSA) is 93.3 Å². The van der Waals surface area contributed by atoms with Crippen LogP contribution in [-0.2, 0) is 6.42 Å². The summed E-state index contributed by atoms with van der Waals surface area (Å²) in [7, 11) is 3.14. The maximum absolute atomic E-state index is 12.5. The van der Waals surface area contributed by atoms with E-state index in [2.05, 4.69) is 15.3 Å². The third-order valence-electron chi connectivity index (χ3n) is 3.88. The molecule has 0 unspecified atom stereocenters. The average molecular weight is 365 g/mol. The molecular formula is C20H19N3O4. The lowest BCUT2D eigenvalue weighted by atomic mass is 10.1. The zero-order valence-corrected chi connectivity index (χ0v) is 15.0. The van der Waals surface area contributed by atoms with Crippen LogP contribution >= 0.6 is 0 Å². The summed E-state index contributed by atoms with van der Waals surface area (Å²) in [6.07, 6.45) is 0.388. The molecule has 0 saturated carbocycles. The van der Waals surface area contributed by atoms with E-state index in [0.29, 0.717) is 23.7 Å². The Morgan fingerprint density at radius 2 is 1.78 bits per heavy atom. The average Bonchev–Trinajstić information content (AvgIpc) is 2.68. The van der Waals surface area contributed by atoms with Crippen LogP contribution in [0.3, 0.4) is 0 Å². The Balaban J connectivity index is 1.79. The number of carbonyl (C=O) groups excluding carboxylic acids is 1. The molecular weight excluding hydrogens is 346 g/mol. The molecule has 0 aliphatic heterocycles. The van der Waals surface area contributed by atoms with E-state index in [0.717, 1.165) is 11.3 Å². The molecule has 7 nitrogen and oxygen atoms in total. The summed E-state index contributed by atoms with van der Waals surface area (Å²) in [6, 6.07) is 15.5. The third-order valence-corrected chi connectivity index (χ3v) is 3.88. The number of nitrogens with zero attached hydrogens (tertiary/aromatic N) is 1. The van der Waals surface area contributed by atoms with E-state index in [9.17, 15) is 9.59 Å². The second kappa shape index (κ2) is 8.18. The summed E-state index contributed by atoms with van der Waals surface area (Å²) in [4.78, 5) is 31.4. The number of amides is 1. The van der Waals surface area contributed by atoms with Gasteiger partial charge in [0.25, 0.3) is 11.5 Å². The van der Waals surface area contributed by atoms with E-state index in [1.54, 1.807) is 38.5 Å². The SMILES string of the molecule is COc1ccc(Cc2nc(C(=O)Nc3cccc(OC)c3)cc(=O)[nH]2)cc1. The van der Waals surface area contributed by atoms with Gasteiger partial charge in [-0.1, -0.05) is 18.2 Å². The van der Waals surface area contributed by atoms with E-state index in [1.165, 1.54) is 6.07 Å². The Morgan fingerprint density at radius 1 is 1.04 bits per heavy atom. The highest BCUT2D eigenvalue weighted by atomic mass is 16.5. The normalized spacial score (nSPS) is 10.3. The van der Waals surface area contributed by atoms with Crippen molar-refractivity contribution in [1.29, 1.82) is 0 Å². The molecule has 2 aromatic carbocycles. The van der Waals surface area contributed by atoms with Crippen LogP contribution in [0.4, 0.5) is 5.69 Å². The number of rotatable bonds is 6. The summed E-state index contributed by atoms with van der Waals surface area (Å²) >= 11 is 0. The molecule has 0 fully saturated rings. The number of ether oxygens (including phenoxy) is 2. The Morgan fingerprint density at radius 3 is 2.48 bits per heavy atom. The molecule has 138 valence electrons. The monoisotopic (exact) mass is 365 g/mol. The standard InChI is InChI=1S/C20H19N3O4/c1-26-15-8-6-13(7-9-15)10-18-22-17(12-19(24)23-18)20(25)21-14-4-3-5-16(11-14)27-2/h3-9,11-12H,10H2,1-2H3,(H,21,25)(H,22,23,24). The molecule has 3 aromatic rings. The van der Waals surface area contributed by atoms with Crippen LogP contribution in [-0.4, -0.2) is 30.1 Å². The van der Waals surface area contributed by atoms with Gasteiger partial charge >= 0.3 is 0 Å². The molecule has 7 heteroatoms. The predicted molar refractivity (Wildman–Crippen MR) is 102 cm³/mol. The van der Waals surface area contributed by atoms with Gasteiger partial charge in [0, 0.05) is 24.2 Å². The fourth-order valence-electron chi connectivity index (χ4n) is 2.54. The molecule has 1 aromatic heterocycles. The van der Waals surface area contributed by atoms with Crippen LogP contribution in [0.25, 0.3) is 0 Å². The molecule has 0 atom stereocenters. The second-order valence-electron chi connectivity index (χ2n) is 5.79. The van der Waals surface area contributed by atoms with Crippen molar-refractivity contribution in [3.63, 3.8) is 0 Å². The number of H-pyrrole nitrogens is 1. The van der Waals surface area contributed by atoms with Gasteiger partial charge in [-0.15, -0.1) is 0 Å². The summed E-state index contributed by atoms with van der Waals surface area (Å²) in [5.74, 6) is 1.30. The van der Waals surface area contributed by atoms with Gasteiger partial charge in [-0.2, -0.15) is 0 Å². The summed E-state index contributed by atoms with van der Waals surface area (Å²) in [5, 5.41) is 2.72. The van der Waals surface area contributed by atoms with Crippen molar-refractivity contribution in [1.82, 2.24) is 9.97 Å². The van der Waals surface area contributed by atoms with Gasteiger partial charge in [-0.3, -0.25) is 9.59 Å². The number of benzene rings is 2. The maximum atomic E-state index is 12.5. The molecule has 0 bridgehead atoms. The molecule has 1 heterocycles. The lowest BCUT2D eigenvalue weighted by Gasteiger charge is -2.08. The van der Waals surface area contributed by atoms with E-state index in [1.807, 2.05) is 24.3 Å². The van der Waals surface area contributed by atoms with Gasteiger partial charge in [-0.25, -0.2) is 4.98 Å². The molecule has 1 amide bonds. The van der Waals surface area contributed by atoms with Crippen LogP contribution in [0.2, 0.25) is 0 Å². The van der Waals surface area contributed by atoms with Crippen molar-refractivity contribution in [3.8, 4) is 11.5 Å². The van der Waals surface area contributed by atoms with Crippen molar-refractivity contribution >= 4 is 11.6 Å². The zero-order valence-electron chi connectivity index (χ0n) is 15.0. The Bertz CT molecular complexity index is 997. The van der Waals surface area contributed by atoms with E-state index < -0.39 is 5.91 Å². The van der Waals surface area contributed by atoms with Crippen LogP contribution in [0.1, 0.15) is 21.9 Å². The van der Waals surface area contributed by atoms with Crippen molar-refractivity contribution < 1.29 is 14.3 Å². The summed E-state index contributed by atoms with van der Waals surface area (Å²) in [6.45, 7) is 0. The van der Waals surface area contributed by atoms with Crippen molar-refractivity contribution in [2.45, 2.75) is 6.42 Å². The molecule has 0 aliphatic carbocycles. The smallest absolute Gasteiger partial charge is 0.274 e. The lowest BCUT2D eigenvalue weighted by Crippen LogP contribution is -2.20. The summed E-state index contributed by atoms with van der Waals surface area (Å²) in [5.41, 5.74) is 1.15. The van der Waals surface area contributed by atoms with Crippen LogP contribution in [0, 0.1) is 0 Å². The Kier molecular flexibility index (Phi) is 5.51. The van der Waals surface area contributed by atoms with Crippen molar-refractivity contribution in [2.24, 2.45) is 0 Å². The fraction of sp³-hybridized carbons (Fsp3) is 0.150. The molecule has 0 spiro atoms. The molecule has 0 aliphatic rings. The highest BCUT2D eigenvalue weighted by molar-refractivity contribution is 6.02. The van der Waals surface area contributed by atoms with Gasteiger partial charge in [0.05, 0.1) is 14.2 Å². The lowest BCUT2D eigenvalue weighted by molar-refractivity contribution is 0.102. The second-order valence-corrected chi connectivity index (χ2v) is 5.79. The number of hydrogen-bond donors (Lipinski definition) is 2. The molecule has 27 heavy (non-hydrogen) atoms. The number of aromatic amines is 1. The minimum atomic E-state index is -0.467. The largest absolute Gasteiger partial charge is 0.497 e. The third kappa shape index (κ3) is 4.72. The molecule has 2 N–H and O–H groups in total. The van der Waals surface area contributed by atoms with Gasteiger partial charge in [-0.05, 0) is 29.8 Å². The van der Waals surface area contributed by atoms with E-state index in [-0.39, 0.29) is 11.3 Å². The van der Waals surface area contributed by atoms with Crippen LogP contribution in [0.5, 0.6) is 11.5 Å². The van der Waals surface area contributed by atoms with E-state index >= 15 is 0 Å². The van der Waals surface area contributed by atoms with Gasteiger partial charge in [0.1, 0.15) is 23.0 Å². The Labute approximate surface area is 156 Å². The van der Waals surface area contributed by atoms with Crippen LogP contribution < -0.4 is 20.3 Å². The maximum Gasteiger partial charge on any atom is 0.274 e. The highest BCUT2D eigenvalue weighted by Crippen LogP contribution is 2.17. The molecule has 3 rings (SSSR count). The van der Waals surface area contributed by atoms with Crippen molar-refractivity contribution in [3.05, 3.63) is 82.0 Å². The van der Waals surface area contributed by atoms with Gasteiger partial charge in [0.2, 0.25) is 0 Å². The quantitative estimate of drug-likeness (QED) is 0.700. The Hall–Kier alpha value is -3.61. The number of anilines is 1. The molecule has 0 radical (unpaired) electrons.